The molecule has 1 unspecified atom stereocenters. The van der Waals surface area contributed by atoms with Crippen LogP contribution in [0.5, 0.6) is 0 Å². The van der Waals surface area contributed by atoms with Crippen molar-refractivity contribution in [1.29, 1.82) is 0 Å². The van der Waals surface area contributed by atoms with Crippen molar-refractivity contribution in [2.24, 2.45) is 0 Å². The van der Waals surface area contributed by atoms with Gasteiger partial charge in [0, 0.05) is 0 Å². The number of ketones is 1. The highest BCUT2D eigenvalue weighted by Gasteiger charge is 2.25. The molecule has 0 saturated heterocycles. The summed E-state index contributed by atoms with van der Waals surface area (Å²) in [5, 5.41) is 0. The average Bonchev–Trinajstić information content (AvgIpc) is 2.30. The first-order chi connectivity index (χ1) is 7.20. The summed E-state index contributed by atoms with van der Waals surface area (Å²) in [4.78, 5) is 22.7. The normalized spacial score (nSPS) is 11.9. The molecule has 1 aromatic rings. The van der Waals surface area contributed by atoms with Crippen LogP contribution in [0.2, 0.25) is 0 Å². The molecular formula is C12H14O3. The summed E-state index contributed by atoms with van der Waals surface area (Å²) in [6, 6.07) is 9.26. The zero-order chi connectivity index (χ0) is 11.3. The van der Waals surface area contributed by atoms with Crippen LogP contribution in [0.3, 0.4) is 0 Å². The minimum atomic E-state index is -0.772. The molecule has 80 valence electrons. The van der Waals surface area contributed by atoms with Crippen molar-refractivity contribution in [2.45, 2.75) is 19.3 Å². The maximum absolute atomic E-state index is 11.6. The second kappa shape index (κ2) is 5.29. The lowest BCUT2D eigenvalue weighted by Gasteiger charge is -2.11. The zero-order valence-corrected chi connectivity index (χ0v) is 8.90. The van der Waals surface area contributed by atoms with Gasteiger partial charge in [-0.15, -0.1) is 0 Å². The number of hydrogen-bond donors (Lipinski definition) is 0. The van der Waals surface area contributed by atoms with Gasteiger partial charge in [-0.1, -0.05) is 37.3 Å². The zero-order valence-electron chi connectivity index (χ0n) is 8.90. The summed E-state index contributed by atoms with van der Waals surface area (Å²) < 4.78 is 4.43. The Hall–Kier alpha value is -1.64. The molecule has 0 saturated carbocycles. The first kappa shape index (κ1) is 11.4. The Bertz CT molecular complexity index is 343. The lowest BCUT2D eigenvalue weighted by atomic mass is 9.92. The predicted molar refractivity (Wildman–Crippen MR) is 56.5 cm³/mol. The Morgan fingerprint density at radius 2 is 1.87 bits per heavy atom. The van der Waals surface area contributed by atoms with E-state index in [-0.39, 0.29) is 0 Å². The highest BCUT2D eigenvalue weighted by Crippen LogP contribution is 2.20. The van der Waals surface area contributed by atoms with Crippen LogP contribution in [0.1, 0.15) is 24.8 Å². The third kappa shape index (κ3) is 2.65. The van der Waals surface area contributed by atoms with Gasteiger partial charge in [-0.05, 0) is 12.0 Å². The monoisotopic (exact) mass is 206 g/mol. The van der Waals surface area contributed by atoms with Crippen molar-refractivity contribution < 1.29 is 14.3 Å². The quantitative estimate of drug-likeness (QED) is 0.558. The van der Waals surface area contributed by atoms with E-state index in [0.717, 1.165) is 5.56 Å². The molecule has 0 bridgehead atoms. The van der Waals surface area contributed by atoms with Crippen molar-refractivity contribution in [2.75, 3.05) is 7.11 Å². The fourth-order valence-corrected chi connectivity index (χ4v) is 1.50. The van der Waals surface area contributed by atoms with E-state index in [1.54, 1.807) is 0 Å². The SMILES string of the molecule is CCC(C(=O)C(=O)OC)c1ccccc1. The van der Waals surface area contributed by atoms with E-state index in [9.17, 15) is 9.59 Å². The number of carbonyl (C=O) groups excluding carboxylic acids is 2. The number of methoxy groups -OCH3 is 1. The van der Waals surface area contributed by atoms with Crippen molar-refractivity contribution >= 4 is 11.8 Å². The van der Waals surface area contributed by atoms with E-state index in [0.29, 0.717) is 6.42 Å². The number of benzene rings is 1. The first-order valence-electron chi connectivity index (χ1n) is 4.87. The van der Waals surface area contributed by atoms with Crippen LogP contribution < -0.4 is 0 Å². The van der Waals surface area contributed by atoms with Gasteiger partial charge in [-0.3, -0.25) is 4.79 Å². The molecule has 0 aliphatic rings. The van der Waals surface area contributed by atoms with Crippen molar-refractivity contribution in [3.63, 3.8) is 0 Å². The Kier molecular flexibility index (Phi) is 4.03. The lowest BCUT2D eigenvalue weighted by Crippen LogP contribution is -2.23. The number of ether oxygens (including phenoxy) is 1. The summed E-state index contributed by atoms with van der Waals surface area (Å²) in [5.41, 5.74) is 0.857. The molecule has 0 aliphatic carbocycles. The van der Waals surface area contributed by atoms with Crippen molar-refractivity contribution in [3.05, 3.63) is 35.9 Å². The molecule has 3 nitrogen and oxygen atoms in total. The predicted octanol–water partition coefficient (Wildman–Crippen LogP) is 1.92. The molecule has 0 aliphatic heterocycles. The second-order valence-electron chi connectivity index (χ2n) is 3.23. The van der Waals surface area contributed by atoms with E-state index in [1.807, 2.05) is 37.3 Å². The highest BCUT2D eigenvalue weighted by molar-refractivity contribution is 6.35. The van der Waals surface area contributed by atoms with Crippen LogP contribution in [-0.2, 0) is 14.3 Å². The Labute approximate surface area is 89.1 Å². The average molecular weight is 206 g/mol. The molecular weight excluding hydrogens is 192 g/mol. The van der Waals surface area contributed by atoms with Crippen LogP contribution in [0, 0.1) is 0 Å². The Morgan fingerprint density at radius 1 is 1.27 bits per heavy atom. The van der Waals surface area contributed by atoms with Crippen LogP contribution in [-0.4, -0.2) is 18.9 Å². The molecule has 1 aromatic carbocycles. The van der Waals surface area contributed by atoms with Gasteiger partial charge in [0.05, 0.1) is 13.0 Å². The van der Waals surface area contributed by atoms with Gasteiger partial charge in [0.15, 0.2) is 0 Å². The van der Waals surface area contributed by atoms with Gasteiger partial charge < -0.3 is 4.74 Å². The van der Waals surface area contributed by atoms with Crippen LogP contribution in [0.4, 0.5) is 0 Å². The fourth-order valence-electron chi connectivity index (χ4n) is 1.50. The van der Waals surface area contributed by atoms with Gasteiger partial charge >= 0.3 is 5.97 Å². The molecule has 1 atom stereocenters. The summed E-state index contributed by atoms with van der Waals surface area (Å²) >= 11 is 0. The highest BCUT2D eigenvalue weighted by atomic mass is 16.5. The minimum Gasteiger partial charge on any atom is -0.463 e. The third-order valence-electron chi connectivity index (χ3n) is 2.31. The second-order valence-corrected chi connectivity index (χ2v) is 3.23. The van der Waals surface area contributed by atoms with E-state index >= 15 is 0 Å². The molecule has 0 N–H and O–H groups in total. The molecule has 0 aromatic heterocycles. The number of carbonyl (C=O) groups is 2. The maximum atomic E-state index is 11.6. The van der Waals surface area contributed by atoms with E-state index in [4.69, 9.17) is 0 Å². The van der Waals surface area contributed by atoms with Gasteiger partial charge in [0.1, 0.15) is 0 Å². The molecule has 0 fully saturated rings. The number of Topliss-reactive ketones (excluding diaryl/α,β-unsaturated/α-hetero) is 1. The molecule has 3 heteroatoms. The Morgan fingerprint density at radius 3 is 2.33 bits per heavy atom. The summed E-state index contributed by atoms with van der Waals surface area (Å²) in [6.07, 6.45) is 0.595. The molecule has 0 radical (unpaired) electrons. The van der Waals surface area contributed by atoms with Gasteiger partial charge in [0.25, 0.3) is 0 Å². The van der Waals surface area contributed by atoms with E-state index in [1.165, 1.54) is 7.11 Å². The lowest BCUT2D eigenvalue weighted by molar-refractivity contribution is -0.152. The minimum absolute atomic E-state index is 0.390. The standard InChI is InChI=1S/C12H14O3/c1-3-10(11(13)12(14)15-2)9-7-5-4-6-8-9/h4-8,10H,3H2,1-2H3. The van der Waals surface area contributed by atoms with E-state index < -0.39 is 17.7 Å². The Balaban J connectivity index is 2.90. The topological polar surface area (TPSA) is 43.4 Å². The van der Waals surface area contributed by atoms with Gasteiger partial charge in [-0.25, -0.2) is 4.79 Å². The summed E-state index contributed by atoms with van der Waals surface area (Å²) in [7, 11) is 1.22. The van der Waals surface area contributed by atoms with Crippen LogP contribution in [0.15, 0.2) is 30.3 Å². The third-order valence-corrected chi connectivity index (χ3v) is 2.31. The van der Waals surface area contributed by atoms with Gasteiger partial charge in [0.2, 0.25) is 5.78 Å². The van der Waals surface area contributed by atoms with Crippen LogP contribution in [0.25, 0.3) is 0 Å². The molecule has 0 amide bonds. The number of hydrogen-bond acceptors (Lipinski definition) is 3. The largest absolute Gasteiger partial charge is 0.463 e. The number of esters is 1. The van der Waals surface area contributed by atoms with Gasteiger partial charge in [-0.2, -0.15) is 0 Å². The first-order valence-corrected chi connectivity index (χ1v) is 4.87. The summed E-state index contributed by atoms with van der Waals surface area (Å²) in [5.74, 6) is -1.64. The van der Waals surface area contributed by atoms with Crippen molar-refractivity contribution in [3.8, 4) is 0 Å². The fraction of sp³-hybridized carbons (Fsp3) is 0.333. The number of rotatable bonds is 4. The molecule has 15 heavy (non-hydrogen) atoms. The molecule has 0 spiro atoms. The van der Waals surface area contributed by atoms with Crippen LogP contribution >= 0.6 is 0 Å². The molecule has 0 heterocycles. The maximum Gasteiger partial charge on any atom is 0.374 e. The van der Waals surface area contributed by atoms with Crippen molar-refractivity contribution in [1.82, 2.24) is 0 Å². The van der Waals surface area contributed by atoms with E-state index in [2.05, 4.69) is 4.74 Å². The molecule has 1 rings (SSSR count). The summed E-state index contributed by atoms with van der Waals surface area (Å²) in [6.45, 7) is 1.87. The smallest absolute Gasteiger partial charge is 0.374 e.